The van der Waals surface area contributed by atoms with Gasteiger partial charge in [0.15, 0.2) is 0 Å². The van der Waals surface area contributed by atoms with E-state index in [9.17, 15) is 0 Å². The second kappa shape index (κ2) is 9.09. The van der Waals surface area contributed by atoms with Gasteiger partial charge in [0, 0.05) is 6.54 Å². The number of nitrogens with one attached hydrogen (secondary N) is 1. The maximum Gasteiger partial charge on any atom is 0.119 e. The summed E-state index contributed by atoms with van der Waals surface area (Å²) in [6.07, 6.45) is 8.13. The monoisotopic (exact) mass is 289 g/mol. The molecule has 0 aliphatic heterocycles. The van der Waals surface area contributed by atoms with Crippen molar-refractivity contribution in [3.8, 4) is 5.75 Å². The number of benzene rings is 1. The van der Waals surface area contributed by atoms with Crippen molar-refractivity contribution in [2.45, 2.75) is 58.9 Å². The van der Waals surface area contributed by atoms with Gasteiger partial charge in [-0.2, -0.15) is 0 Å². The summed E-state index contributed by atoms with van der Waals surface area (Å²) < 4.78 is 5.68. The molecule has 1 saturated carbocycles. The van der Waals surface area contributed by atoms with Gasteiger partial charge in [0.25, 0.3) is 0 Å². The zero-order valence-corrected chi connectivity index (χ0v) is 13.7. The van der Waals surface area contributed by atoms with E-state index in [0.29, 0.717) is 0 Å². The van der Waals surface area contributed by atoms with Crippen LogP contribution in [-0.4, -0.2) is 13.2 Å². The molecule has 2 unspecified atom stereocenters. The lowest BCUT2D eigenvalue weighted by atomic mass is 9.81. The Morgan fingerprint density at radius 1 is 1.29 bits per heavy atom. The highest BCUT2D eigenvalue weighted by atomic mass is 16.5. The van der Waals surface area contributed by atoms with Crippen molar-refractivity contribution < 1.29 is 4.74 Å². The summed E-state index contributed by atoms with van der Waals surface area (Å²) in [4.78, 5) is 0. The molecule has 1 aromatic rings. The molecule has 2 atom stereocenters. The molecule has 1 aliphatic rings. The smallest absolute Gasteiger partial charge is 0.119 e. The molecule has 0 saturated heterocycles. The molecule has 1 aromatic carbocycles. The van der Waals surface area contributed by atoms with E-state index in [0.717, 1.165) is 43.7 Å². The van der Waals surface area contributed by atoms with Crippen LogP contribution in [0.15, 0.2) is 24.3 Å². The van der Waals surface area contributed by atoms with Crippen LogP contribution >= 0.6 is 0 Å². The normalized spacial score (nSPS) is 22.2. The molecule has 0 aromatic heterocycles. The molecule has 0 amide bonds. The first-order chi connectivity index (χ1) is 10.3. The van der Waals surface area contributed by atoms with E-state index < -0.39 is 0 Å². The highest BCUT2D eigenvalue weighted by Gasteiger charge is 2.17. The van der Waals surface area contributed by atoms with Crippen LogP contribution in [0.25, 0.3) is 0 Å². The van der Waals surface area contributed by atoms with Crippen LogP contribution in [0.5, 0.6) is 5.75 Å². The van der Waals surface area contributed by atoms with Crippen molar-refractivity contribution in [2.75, 3.05) is 13.2 Å². The molecule has 21 heavy (non-hydrogen) atoms. The Hall–Kier alpha value is -1.02. The van der Waals surface area contributed by atoms with E-state index in [4.69, 9.17) is 4.74 Å². The molecule has 2 rings (SSSR count). The highest BCUT2D eigenvalue weighted by Crippen LogP contribution is 2.30. The van der Waals surface area contributed by atoms with Gasteiger partial charge in [-0.1, -0.05) is 45.2 Å². The molecule has 2 nitrogen and oxygen atoms in total. The Bertz CT molecular complexity index is 404. The highest BCUT2D eigenvalue weighted by molar-refractivity contribution is 5.28. The molecule has 1 fully saturated rings. The Labute approximate surface area is 130 Å². The Balaban J connectivity index is 1.66. The van der Waals surface area contributed by atoms with Crippen LogP contribution in [0, 0.1) is 11.8 Å². The second-order valence-corrected chi connectivity index (χ2v) is 6.60. The van der Waals surface area contributed by atoms with Crippen molar-refractivity contribution in [1.82, 2.24) is 5.32 Å². The molecule has 0 radical (unpaired) electrons. The van der Waals surface area contributed by atoms with Gasteiger partial charge >= 0.3 is 0 Å². The molecule has 2 heteroatoms. The first-order valence-electron chi connectivity index (χ1n) is 8.70. The largest absolute Gasteiger partial charge is 0.494 e. The summed E-state index contributed by atoms with van der Waals surface area (Å²) in [6, 6.07) is 8.47. The first-order valence-corrected chi connectivity index (χ1v) is 8.70. The topological polar surface area (TPSA) is 21.3 Å². The van der Waals surface area contributed by atoms with Crippen molar-refractivity contribution in [1.29, 1.82) is 0 Å². The molecule has 0 heterocycles. The third-order valence-corrected chi connectivity index (χ3v) is 4.47. The predicted molar refractivity (Wildman–Crippen MR) is 89.7 cm³/mol. The molecule has 0 spiro atoms. The van der Waals surface area contributed by atoms with Gasteiger partial charge in [-0.15, -0.1) is 0 Å². The molecule has 1 N–H and O–H groups in total. The van der Waals surface area contributed by atoms with Crippen molar-refractivity contribution in [3.05, 3.63) is 29.8 Å². The molecule has 1 aliphatic carbocycles. The molecule has 118 valence electrons. The van der Waals surface area contributed by atoms with Gasteiger partial charge in [0.2, 0.25) is 0 Å². The fourth-order valence-electron chi connectivity index (χ4n) is 3.33. The van der Waals surface area contributed by atoms with Gasteiger partial charge in [-0.05, 0) is 55.3 Å². The predicted octanol–water partition coefficient (Wildman–Crippen LogP) is 4.78. The Kier molecular flexibility index (Phi) is 7.08. The van der Waals surface area contributed by atoms with Crippen molar-refractivity contribution in [2.24, 2.45) is 11.8 Å². The fraction of sp³-hybridized carbons (Fsp3) is 0.684. The number of rotatable bonds is 8. The second-order valence-electron chi connectivity index (χ2n) is 6.60. The first kappa shape index (κ1) is 16.4. The van der Waals surface area contributed by atoms with Crippen LogP contribution in [0.4, 0.5) is 0 Å². The third-order valence-electron chi connectivity index (χ3n) is 4.47. The Morgan fingerprint density at radius 2 is 2.19 bits per heavy atom. The van der Waals surface area contributed by atoms with Gasteiger partial charge in [0.05, 0.1) is 6.61 Å². The van der Waals surface area contributed by atoms with E-state index in [2.05, 4.69) is 37.4 Å². The van der Waals surface area contributed by atoms with Crippen LogP contribution in [0.1, 0.15) is 57.9 Å². The summed E-state index contributed by atoms with van der Waals surface area (Å²) in [7, 11) is 0. The minimum Gasteiger partial charge on any atom is -0.494 e. The van der Waals surface area contributed by atoms with Gasteiger partial charge < -0.3 is 10.1 Å². The summed E-state index contributed by atoms with van der Waals surface area (Å²) in [5.41, 5.74) is 1.32. The number of hydrogen-bond donors (Lipinski definition) is 1. The van der Waals surface area contributed by atoms with E-state index in [-0.39, 0.29) is 0 Å². The molecular formula is C19H31NO. The van der Waals surface area contributed by atoms with Crippen molar-refractivity contribution >= 4 is 0 Å². The van der Waals surface area contributed by atoms with Crippen molar-refractivity contribution in [3.63, 3.8) is 0 Å². The number of ether oxygens (including phenoxy) is 1. The van der Waals surface area contributed by atoms with Gasteiger partial charge in [-0.25, -0.2) is 0 Å². The summed E-state index contributed by atoms with van der Waals surface area (Å²) >= 11 is 0. The summed E-state index contributed by atoms with van der Waals surface area (Å²) in [6.45, 7) is 7.43. The van der Waals surface area contributed by atoms with E-state index >= 15 is 0 Å². The minimum absolute atomic E-state index is 0.802. The molecular weight excluding hydrogens is 258 g/mol. The maximum atomic E-state index is 5.68. The third kappa shape index (κ3) is 6.09. The van der Waals surface area contributed by atoms with Crippen LogP contribution in [0.2, 0.25) is 0 Å². The van der Waals surface area contributed by atoms with E-state index in [1.54, 1.807) is 0 Å². The lowest BCUT2D eigenvalue weighted by Crippen LogP contribution is -2.21. The summed E-state index contributed by atoms with van der Waals surface area (Å²) in [5, 5.41) is 3.59. The Morgan fingerprint density at radius 3 is 3.00 bits per heavy atom. The minimum atomic E-state index is 0.802. The fourth-order valence-corrected chi connectivity index (χ4v) is 3.33. The lowest BCUT2D eigenvalue weighted by molar-refractivity contribution is 0.267. The van der Waals surface area contributed by atoms with Crippen LogP contribution in [-0.2, 0) is 6.54 Å². The van der Waals surface area contributed by atoms with Crippen LogP contribution in [0.3, 0.4) is 0 Å². The van der Waals surface area contributed by atoms with Crippen LogP contribution < -0.4 is 10.1 Å². The zero-order chi connectivity index (χ0) is 14.9. The average molecular weight is 289 g/mol. The summed E-state index contributed by atoms with van der Waals surface area (Å²) in [5.74, 6) is 2.88. The standard InChI is InChI=1S/C19H31NO/c1-3-12-21-19-9-5-8-18(14-19)15-20-11-10-17-7-4-6-16(2)13-17/h5,8-9,14,16-17,20H,3-4,6-7,10-13,15H2,1-2H3. The zero-order valence-electron chi connectivity index (χ0n) is 13.7. The number of hydrogen-bond acceptors (Lipinski definition) is 2. The quantitative estimate of drug-likeness (QED) is 0.695. The van der Waals surface area contributed by atoms with E-state index in [1.807, 2.05) is 6.07 Å². The molecule has 0 bridgehead atoms. The van der Waals surface area contributed by atoms with Gasteiger partial charge in [0.1, 0.15) is 5.75 Å². The van der Waals surface area contributed by atoms with E-state index in [1.165, 1.54) is 37.7 Å². The lowest BCUT2D eigenvalue weighted by Gasteiger charge is -2.26. The average Bonchev–Trinajstić information content (AvgIpc) is 2.50. The maximum absolute atomic E-state index is 5.68. The SMILES string of the molecule is CCCOc1cccc(CNCCC2CCCC(C)C2)c1. The van der Waals surface area contributed by atoms with Gasteiger partial charge in [-0.3, -0.25) is 0 Å².